The van der Waals surface area contributed by atoms with Crippen LogP contribution in [0.25, 0.3) is 0 Å². The van der Waals surface area contributed by atoms with Gasteiger partial charge in [-0.3, -0.25) is 14.7 Å². The Morgan fingerprint density at radius 1 is 1.40 bits per heavy atom. The molecule has 15 heavy (non-hydrogen) atoms. The highest BCUT2D eigenvalue weighted by Crippen LogP contribution is 2.32. The average molecular weight is 234 g/mol. The van der Waals surface area contributed by atoms with Gasteiger partial charge in [0.25, 0.3) is 10.1 Å². The predicted octanol–water partition coefficient (Wildman–Crippen LogP) is 0.129. The monoisotopic (exact) mass is 234 g/mol. The summed E-state index contributed by atoms with van der Waals surface area (Å²) in [5.41, 5.74) is 3.83. The van der Waals surface area contributed by atoms with Gasteiger partial charge in [-0.05, 0) is 0 Å². The van der Waals surface area contributed by atoms with Gasteiger partial charge in [0.2, 0.25) is 0 Å². The quantitative estimate of drug-likeness (QED) is 0.285. The first-order valence-corrected chi connectivity index (χ1v) is 4.92. The number of aromatic hydroxyl groups is 1. The third-order valence-electron chi connectivity index (χ3n) is 1.58. The Balaban J connectivity index is 3.58. The summed E-state index contributed by atoms with van der Waals surface area (Å²) >= 11 is 0. The second-order valence-corrected chi connectivity index (χ2v) is 4.00. The number of hydrogen-bond donors (Lipinski definition) is 3. The van der Waals surface area contributed by atoms with Crippen LogP contribution < -0.4 is 5.73 Å². The lowest BCUT2D eigenvalue weighted by atomic mass is 10.2. The molecular weight excluding hydrogens is 228 g/mol. The maximum atomic E-state index is 10.7. The van der Waals surface area contributed by atoms with Crippen LogP contribution >= 0.6 is 0 Å². The summed E-state index contributed by atoms with van der Waals surface area (Å²) in [4.78, 5) is 8.53. The van der Waals surface area contributed by atoms with E-state index in [1.54, 1.807) is 0 Å². The minimum absolute atomic E-state index is 0.472. The lowest BCUT2D eigenvalue weighted by Crippen LogP contribution is -2.04. The maximum Gasteiger partial charge on any atom is 0.312 e. The van der Waals surface area contributed by atoms with Gasteiger partial charge in [-0.15, -0.1) is 0 Å². The second-order valence-electron chi connectivity index (χ2n) is 2.61. The van der Waals surface area contributed by atoms with Crippen molar-refractivity contribution < 1.29 is 23.0 Å². The smallest absolute Gasteiger partial charge is 0.312 e. The van der Waals surface area contributed by atoms with Crippen molar-refractivity contribution in [1.29, 1.82) is 0 Å². The fraction of sp³-hybridized carbons (Fsp3) is 0. The number of hydrogen-bond acceptors (Lipinski definition) is 6. The molecule has 0 fully saturated rings. The number of anilines is 1. The number of nitrogens with two attached hydrogens (primary N) is 1. The number of rotatable bonds is 2. The van der Waals surface area contributed by atoms with Gasteiger partial charge in [-0.1, -0.05) is 0 Å². The van der Waals surface area contributed by atoms with Crippen molar-refractivity contribution in [1.82, 2.24) is 0 Å². The summed E-state index contributed by atoms with van der Waals surface area (Å²) in [5, 5.41) is 19.4. The van der Waals surface area contributed by atoms with E-state index in [0.29, 0.717) is 12.1 Å². The van der Waals surface area contributed by atoms with E-state index in [4.69, 9.17) is 15.4 Å². The van der Waals surface area contributed by atoms with Gasteiger partial charge in [0.1, 0.15) is 4.90 Å². The Morgan fingerprint density at radius 3 is 2.33 bits per heavy atom. The van der Waals surface area contributed by atoms with Crippen LogP contribution in [0, 0.1) is 10.1 Å². The van der Waals surface area contributed by atoms with E-state index in [0.717, 1.165) is 0 Å². The standard InChI is InChI=1S/C6H6N2O6S/c7-3-1-5(9)4(8(10)11)2-6(3)15(12,13)14/h1-2,9H,7H2,(H,12,13,14). The van der Waals surface area contributed by atoms with Crippen LogP contribution in [0.4, 0.5) is 11.4 Å². The van der Waals surface area contributed by atoms with E-state index in [2.05, 4.69) is 0 Å². The summed E-state index contributed by atoms with van der Waals surface area (Å²) in [6.45, 7) is 0. The predicted molar refractivity (Wildman–Crippen MR) is 49.0 cm³/mol. The van der Waals surface area contributed by atoms with Gasteiger partial charge in [-0.25, -0.2) is 0 Å². The normalized spacial score (nSPS) is 11.3. The van der Waals surface area contributed by atoms with Crippen molar-refractivity contribution in [3.63, 3.8) is 0 Å². The summed E-state index contributed by atoms with van der Waals surface area (Å²) in [6, 6.07) is 1.17. The highest BCUT2D eigenvalue weighted by molar-refractivity contribution is 7.86. The first kappa shape index (κ1) is 11.2. The van der Waals surface area contributed by atoms with Gasteiger partial charge >= 0.3 is 5.69 Å². The third kappa shape index (κ3) is 2.14. The zero-order valence-electron chi connectivity index (χ0n) is 7.11. The molecule has 9 heteroatoms. The Morgan fingerprint density at radius 2 is 1.93 bits per heavy atom. The van der Waals surface area contributed by atoms with Crippen LogP contribution in [0.1, 0.15) is 0 Å². The topological polar surface area (TPSA) is 144 Å². The fourth-order valence-electron chi connectivity index (χ4n) is 0.943. The molecule has 0 unspecified atom stereocenters. The van der Waals surface area contributed by atoms with E-state index in [1.807, 2.05) is 0 Å². The SMILES string of the molecule is Nc1cc(O)c([N+](=O)[O-])cc1S(=O)(=O)O. The molecule has 0 spiro atoms. The van der Waals surface area contributed by atoms with Gasteiger partial charge < -0.3 is 10.8 Å². The lowest BCUT2D eigenvalue weighted by molar-refractivity contribution is -0.386. The van der Waals surface area contributed by atoms with Gasteiger partial charge in [0.05, 0.1) is 10.6 Å². The number of phenols is 1. The number of nitrogen functional groups attached to an aromatic ring is 1. The van der Waals surface area contributed by atoms with Crippen molar-refractivity contribution in [2.75, 3.05) is 5.73 Å². The highest BCUT2D eigenvalue weighted by atomic mass is 32.2. The Bertz CT molecular complexity index is 523. The molecular formula is C6H6N2O6S. The molecule has 0 saturated carbocycles. The molecule has 0 atom stereocenters. The number of nitrogens with zero attached hydrogens (tertiary/aromatic N) is 1. The molecule has 0 bridgehead atoms. The minimum Gasteiger partial charge on any atom is -0.502 e. The first-order chi connectivity index (χ1) is 6.73. The third-order valence-corrected chi connectivity index (χ3v) is 2.49. The highest BCUT2D eigenvalue weighted by Gasteiger charge is 2.22. The van der Waals surface area contributed by atoms with Crippen LogP contribution in [0.3, 0.4) is 0 Å². The molecule has 1 rings (SSSR count). The van der Waals surface area contributed by atoms with Crippen molar-refractivity contribution in [2.24, 2.45) is 0 Å². The molecule has 0 aromatic heterocycles. The molecule has 82 valence electrons. The average Bonchev–Trinajstić information content (AvgIpc) is 2.00. The summed E-state index contributed by atoms with van der Waals surface area (Å²) in [7, 11) is -4.65. The van der Waals surface area contributed by atoms with E-state index in [1.165, 1.54) is 0 Å². The van der Waals surface area contributed by atoms with E-state index in [9.17, 15) is 18.5 Å². The Kier molecular flexibility index (Phi) is 2.51. The molecule has 1 aromatic rings. The Labute approximate surface area is 83.8 Å². The fourth-order valence-corrected chi connectivity index (χ4v) is 1.56. The molecule has 0 heterocycles. The first-order valence-electron chi connectivity index (χ1n) is 3.48. The number of benzene rings is 1. The maximum absolute atomic E-state index is 10.7. The minimum atomic E-state index is -4.65. The zero-order chi connectivity index (χ0) is 11.8. The molecule has 0 aliphatic carbocycles. The van der Waals surface area contributed by atoms with E-state index in [-0.39, 0.29) is 0 Å². The second kappa shape index (κ2) is 3.37. The number of nitro benzene ring substituents is 1. The molecule has 0 saturated heterocycles. The van der Waals surface area contributed by atoms with Crippen molar-refractivity contribution in [3.05, 3.63) is 22.2 Å². The summed E-state index contributed by atoms with van der Waals surface area (Å²) in [5.74, 6) is -0.773. The van der Waals surface area contributed by atoms with Crippen LogP contribution in [0.15, 0.2) is 17.0 Å². The van der Waals surface area contributed by atoms with Crippen LogP contribution in [-0.4, -0.2) is 23.0 Å². The summed E-state index contributed by atoms with van der Waals surface area (Å²) in [6.07, 6.45) is 0. The Hall–Kier alpha value is -1.87. The molecule has 0 aliphatic heterocycles. The summed E-state index contributed by atoms with van der Waals surface area (Å²) < 4.78 is 30.1. The molecule has 1 aromatic carbocycles. The molecule has 0 aliphatic rings. The van der Waals surface area contributed by atoms with Crippen molar-refractivity contribution in [3.8, 4) is 5.75 Å². The lowest BCUT2D eigenvalue weighted by Gasteiger charge is -2.03. The van der Waals surface area contributed by atoms with Crippen molar-refractivity contribution in [2.45, 2.75) is 4.90 Å². The van der Waals surface area contributed by atoms with Crippen molar-refractivity contribution >= 4 is 21.5 Å². The largest absolute Gasteiger partial charge is 0.502 e. The van der Waals surface area contributed by atoms with E-state index < -0.39 is 37.1 Å². The zero-order valence-corrected chi connectivity index (χ0v) is 7.93. The van der Waals surface area contributed by atoms with E-state index >= 15 is 0 Å². The van der Waals surface area contributed by atoms with Gasteiger partial charge in [0.15, 0.2) is 5.75 Å². The molecule has 0 amide bonds. The molecule has 8 nitrogen and oxygen atoms in total. The van der Waals surface area contributed by atoms with Gasteiger partial charge in [0, 0.05) is 12.1 Å². The number of nitro groups is 1. The molecule has 0 radical (unpaired) electrons. The number of phenolic OH excluding ortho intramolecular Hbond substituents is 1. The van der Waals surface area contributed by atoms with Crippen LogP contribution in [0.2, 0.25) is 0 Å². The molecule has 4 N–H and O–H groups in total. The van der Waals surface area contributed by atoms with Gasteiger partial charge in [-0.2, -0.15) is 8.42 Å². The van der Waals surface area contributed by atoms with Crippen LogP contribution in [-0.2, 0) is 10.1 Å². The van der Waals surface area contributed by atoms with Crippen LogP contribution in [0.5, 0.6) is 5.75 Å².